The van der Waals surface area contributed by atoms with Gasteiger partial charge in [0.1, 0.15) is 23.5 Å². The maximum Gasteiger partial charge on any atom is 0.325 e. The molecule has 0 aliphatic rings. The van der Waals surface area contributed by atoms with Crippen molar-refractivity contribution in [2.24, 2.45) is 0 Å². The number of esters is 1. The molecule has 0 aliphatic carbocycles. The van der Waals surface area contributed by atoms with Crippen molar-refractivity contribution in [1.29, 1.82) is 0 Å². The van der Waals surface area contributed by atoms with Gasteiger partial charge in [-0.05, 0) is 32.3 Å². The van der Waals surface area contributed by atoms with E-state index < -0.39 is 0 Å². The summed E-state index contributed by atoms with van der Waals surface area (Å²) in [7, 11) is 1.38. The van der Waals surface area contributed by atoms with Gasteiger partial charge in [-0.1, -0.05) is 0 Å². The molecule has 102 valence electrons. The van der Waals surface area contributed by atoms with Gasteiger partial charge in [-0.25, -0.2) is 9.97 Å². The molecule has 0 amide bonds. The zero-order valence-corrected chi connectivity index (χ0v) is 12.2. The van der Waals surface area contributed by atoms with Gasteiger partial charge in [0.05, 0.1) is 18.2 Å². The molecule has 0 saturated carbocycles. The maximum atomic E-state index is 11.5. The molecule has 0 atom stereocenters. The molecule has 0 unspecified atom stereocenters. The fourth-order valence-electron chi connectivity index (χ4n) is 1.83. The topological polar surface area (TPSA) is 68.2 Å². The lowest BCUT2D eigenvalue weighted by molar-refractivity contribution is -0.139. The number of anilines is 1. The average Bonchev–Trinajstić information content (AvgIpc) is 2.77. The van der Waals surface area contributed by atoms with E-state index in [4.69, 9.17) is 4.74 Å². The Labute approximate surface area is 115 Å². The molecular weight excluding hydrogens is 264 g/mol. The first-order chi connectivity index (χ1) is 9.04. The first-order valence-electron chi connectivity index (χ1n) is 5.95. The van der Waals surface area contributed by atoms with Gasteiger partial charge < -0.3 is 9.64 Å². The van der Waals surface area contributed by atoms with Crippen LogP contribution in [-0.2, 0) is 9.53 Å². The summed E-state index contributed by atoms with van der Waals surface area (Å²) in [6, 6.07) is 0.122. The van der Waals surface area contributed by atoms with E-state index in [1.54, 1.807) is 0 Å². The van der Waals surface area contributed by atoms with Crippen LogP contribution >= 0.6 is 11.5 Å². The SMILES string of the molecule is COC(=O)CN(c1ncnc2snc(C)c12)C(C)C. The molecule has 0 saturated heterocycles. The van der Waals surface area contributed by atoms with Gasteiger partial charge in [0.25, 0.3) is 0 Å². The largest absolute Gasteiger partial charge is 0.468 e. The molecule has 0 N–H and O–H groups in total. The summed E-state index contributed by atoms with van der Waals surface area (Å²) in [5, 5.41) is 0.908. The fraction of sp³-hybridized carbons (Fsp3) is 0.500. The molecule has 0 aromatic carbocycles. The number of aromatic nitrogens is 3. The van der Waals surface area contributed by atoms with Gasteiger partial charge in [0.2, 0.25) is 0 Å². The van der Waals surface area contributed by atoms with Crippen LogP contribution in [0.15, 0.2) is 6.33 Å². The minimum atomic E-state index is -0.290. The van der Waals surface area contributed by atoms with Gasteiger partial charge in [-0.2, -0.15) is 4.37 Å². The van der Waals surface area contributed by atoms with Crippen molar-refractivity contribution < 1.29 is 9.53 Å². The highest BCUT2D eigenvalue weighted by atomic mass is 32.1. The first-order valence-corrected chi connectivity index (χ1v) is 6.72. The van der Waals surface area contributed by atoms with Crippen LogP contribution in [0.2, 0.25) is 0 Å². The number of carbonyl (C=O) groups is 1. The third-order valence-corrected chi connectivity index (χ3v) is 3.69. The van der Waals surface area contributed by atoms with Crippen LogP contribution in [0.25, 0.3) is 10.2 Å². The Morgan fingerprint density at radius 1 is 1.47 bits per heavy atom. The minimum absolute atomic E-state index is 0.122. The molecule has 0 aliphatic heterocycles. The second-order valence-electron chi connectivity index (χ2n) is 4.44. The summed E-state index contributed by atoms with van der Waals surface area (Å²) in [6.45, 7) is 6.09. The summed E-state index contributed by atoms with van der Waals surface area (Å²) in [5.41, 5.74) is 0.881. The fourth-order valence-corrected chi connectivity index (χ4v) is 2.57. The smallest absolute Gasteiger partial charge is 0.325 e. The van der Waals surface area contributed by atoms with E-state index in [1.807, 2.05) is 25.7 Å². The van der Waals surface area contributed by atoms with Crippen molar-refractivity contribution in [3.8, 4) is 0 Å². The zero-order valence-electron chi connectivity index (χ0n) is 11.4. The Balaban J connectivity index is 2.49. The molecule has 2 aromatic heterocycles. The first kappa shape index (κ1) is 13.7. The standard InChI is InChI=1S/C12H16N4O2S/c1-7(2)16(5-9(17)18-4)11-10-8(3)15-19-12(10)14-6-13-11/h6-7H,5H2,1-4H3. The van der Waals surface area contributed by atoms with Crippen molar-refractivity contribution in [2.75, 3.05) is 18.6 Å². The van der Waals surface area contributed by atoms with Crippen LogP contribution < -0.4 is 4.90 Å². The Kier molecular flexibility index (Phi) is 3.94. The minimum Gasteiger partial charge on any atom is -0.468 e. The Morgan fingerprint density at radius 3 is 2.84 bits per heavy atom. The summed E-state index contributed by atoms with van der Waals surface area (Å²) in [5.74, 6) is 0.443. The van der Waals surface area contributed by atoms with Crippen LogP contribution in [0.1, 0.15) is 19.5 Å². The van der Waals surface area contributed by atoms with E-state index in [1.165, 1.54) is 25.0 Å². The number of methoxy groups -OCH3 is 1. The van der Waals surface area contributed by atoms with E-state index in [-0.39, 0.29) is 18.6 Å². The second kappa shape index (κ2) is 5.48. The van der Waals surface area contributed by atoms with Crippen LogP contribution in [-0.4, -0.2) is 40.0 Å². The molecule has 0 bridgehead atoms. The van der Waals surface area contributed by atoms with E-state index >= 15 is 0 Å². The van der Waals surface area contributed by atoms with Crippen molar-refractivity contribution in [3.05, 3.63) is 12.0 Å². The molecule has 2 rings (SSSR count). The quantitative estimate of drug-likeness (QED) is 0.795. The predicted octanol–water partition coefficient (Wildman–Crippen LogP) is 1.78. The lowest BCUT2D eigenvalue weighted by Gasteiger charge is -2.26. The van der Waals surface area contributed by atoms with E-state index in [0.29, 0.717) is 0 Å². The summed E-state index contributed by atoms with van der Waals surface area (Å²) in [6.07, 6.45) is 1.50. The summed E-state index contributed by atoms with van der Waals surface area (Å²) >= 11 is 1.34. The molecule has 19 heavy (non-hydrogen) atoms. The lowest BCUT2D eigenvalue weighted by atomic mass is 10.2. The van der Waals surface area contributed by atoms with Crippen molar-refractivity contribution >= 4 is 33.5 Å². The normalized spacial score (nSPS) is 11.0. The number of hydrogen-bond donors (Lipinski definition) is 0. The Hall–Kier alpha value is -1.76. The summed E-state index contributed by atoms with van der Waals surface area (Å²) in [4.78, 5) is 22.8. The van der Waals surface area contributed by atoms with Crippen LogP contribution in [0.4, 0.5) is 5.82 Å². The van der Waals surface area contributed by atoms with Gasteiger partial charge >= 0.3 is 5.97 Å². The van der Waals surface area contributed by atoms with Crippen molar-refractivity contribution in [3.63, 3.8) is 0 Å². The number of fused-ring (bicyclic) bond motifs is 1. The molecular formula is C12H16N4O2S. The number of aryl methyl sites for hydroxylation is 1. The van der Waals surface area contributed by atoms with E-state index in [9.17, 15) is 4.79 Å². The Bertz CT molecular complexity index is 596. The highest BCUT2D eigenvalue weighted by molar-refractivity contribution is 7.13. The molecule has 6 nitrogen and oxygen atoms in total. The third-order valence-electron chi connectivity index (χ3n) is 2.85. The third kappa shape index (κ3) is 2.65. The monoisotopic (exact) mass is 280 g/mol. The van der Waals surface area contributed by atoms with E-state index in [2.05, 4.69) is 14.3 Å². The Morgan fingerprint density at radius 2 is 2.21 bits per heavy atom. The summed E-state index contributed by atoms with van der Waals surface area (Å²) < 4.78 is 9.03. The molecule has 2 aromatic rings. The molecule has 0 radical (unpaired) electrons. The number of nitrogens with zero attached hydrogens (tertiary/aromatic N) is 4. The van der Waals surface area contributed by atoms with E-state index in [0.717, 1.165) is 21.7 Å². The molecule has 0 fully saturated rings. The van der Waals surface area contributed by atoms with Gasteiger partial charge in [0.15, 0.2) is 0 Å². The average molecular weight is 280 g/mol. The van der Waals surface area contributed by atoms with Crippen molar-refractivity contribution in [2.45, 2.75) is 26.8 Å². The molecule has 7 heteroatoms. The van der Waals surface area contributed by atoms with Crippen LogP contribution in [0.5, 0.6) is 0 Å². The van der Waals surface area contributed by atoms with Gasteiger partial charge in [0, 0.05) is 6.04 Å². The van der Waals surface area contributed by atoms with Crippen LogP contribution in [0, 0.1) is 6.92 Å². The number of rotatable bonds is 4. The molecule has 2 heterocycles. The number of hydrogen-bond acceptors (Lipinski definition) is 7. The highest BCUT2D eigenvalue weighted by Crippen LogP contribution is 2.29. The number of ether oxygens (including phenoxy) is 1. The molecule has 0 spiro atoms. The zero-order chi connectivity index (χ0) is 14.0. The lowest BCUT2D eigenvalue weighted by Crippen LogP contribution is -2.37. The number of carbonyl (C=O) groups excluding carboxylic acids is 1. The second-order valence-corrected chi connectivity index (χ2v) is 5.20. The van der Waals surface area contributed by atoms with Crippen LogP contribution in [0.3, 0.4) is 0 Å². The van der Waals surface area contributed by atoms with Gasteiger partial charge in [-0.3, -0.25) is 4.79 Å². The maximum absolute atomic E-state index is 11.5. The highest BCUT2D eigenvalue weighted by Gasteiger charge is 2.21. The van der Waals surface area contributed by atoms with Gasteiger partial charge in [-0.15, -0.1) is 0 Å². The predicted molar refractivity (Wildman–Crippen MR) is 74.4 cm³/mol. The van der Waals surface area contributed by atoms with Crippen molar-refractivity contribution in [1.82, 2.24) is 14.3 Å².